The van der Waals surface area contributed by atoms with Crippen molar-refractivity contribution in [2.24, 2.45) is 0 Å². The fourth-order valence-electron chi connectivity index (χ4n) is 1.40. The molecule has 0 bridgehead atoms. The first-order chi connectivity index (χ1) is 7.77. The van der Waals surface area contributed by atoms with E-state index in [0.29, 0.717) is 13.1 Å². The van der Waals surface area contributed by atoms with E-state index in [1.54, 1.807) is 17.4 Å². The molecule has 1 aromatic heterocycles. The predicted octanol–water partition coefficient (Wildman–Crippen LogP) is 2.09. The van der Waals surface area contributed by atoms with Crippen molar-refractivity contribution in [3.05, 3.63) is 35.0 Å². The highest BCUT2D eigenvalue weighted by Crippen LogP contribution is 2.21. The molecule has 1 unspecified atom stereocenters. The van der Waals surface area contributed by atoms with Gasteiger partial charge in [-0.25, -0.2) is 0 Å². The lowest BCUT2D eigenvalue weighted by Gasteiger charge is -2.14. The molecule has 1 amide bonds. The highest BCUT2D eigenvalue weighted by molar-refractivity contribution is 7.10. The molecule has 1 heterocycles. The maximum Gasteiger partial charge on any atom is 0.234 e. The largest absolute Gasteiger partial charge is 0.352 e. The van der Waals surface area contributed by atoms with Crippen LogP contribution in [0.25, 0.3) is 0 Å². The zero-order valence-electron chi connectivity index (χ0n) is 9.53. The number of amides is 1. The third-order valence-corrected chi connectivity index (χ3v) is 3.23. The first-order valence-corrected chi connectivity index (χ1v) is 6.30. The van der Waals surface area contributed by atoms with Gasteiger partial charge >= 0.3 is 0 Å². The number of hydrogen-bond donors (Lipinski definition) is 2. The van der Waals surface area contributed by atoms with Crippen LogP contribution < -0.4 is 10.6 Å². The highest BCUT2D eigenvalue weighted by Gasteiger charge is 2.10. The molecule has 0 aliphatic carbocycles. The normalized spacial score (nSPS) is 12.1. The fourth-order valence-corrected chi connectivity index (χ4v) is 2.29. The molecule has 4 heteroatoms. The Morgan fingerprint density at radius 3 is 3.06 bits per heavy atom. The second kappa shape index (κ2) is 7.19. The van der Waals surface area contributed by atoms with E-state index in [2.05, 4.69) is 35.6 Å². The van der Waals surface area contributed by atoms with Crippen LogP contribution >= 0.6 is 11.3 Å². The van der Waals surface area contributed by atoms with Gasteiger partial charge in [-0.15, -0.1) is 17.9 Å². The summed E-state index contributed by atoms with van der Waals surface area (Å²) in [4.78, 5) is 12.7. The average molecular weight is 238 g/mol. The number of thiophene rings is 1. The van der Waals surface area contributed by atoms with Gasteiger partial charge in [0.2, 0.25) is 5.91 Å². The van der Waals surface area contributed by atoms with Crippen LogP contribution in [0.2, 0.25) is 0 Å². The number of hydrogen-bond acceptors (Lipinski definition) is 3. The van der Waals surface area contributed by atoms with Gasteiger partial charge in [0.15, 0.2) is 0 Å². The van der Waals surface area contributed by atoms with Gasteiger partial charge in [0, 0.05) is 17.5 Å². The van der Waals surface area contributed by atoms with E-state index in [0.717, 1.165) is 6.42 Å². The molecule has 0 aliphatic heterocycles. The highest BCUT2D eigenvalue weighted by atomic mass is 32.1. The summed E-state index contributed by atoms with van der Waals surface area (Å²) in [5, 5.41) is 8.04. The van der Waals surface area contributed by atoms with Gasteiger partial charge in [-0.05, 0) is 17.9 Å². The summed E-state index contributed by atoms with van der Waals surface area (Å²) in [7, 11) is 0. The van der Waals surface area contributed by atoms with Crippen LogP contribution in [0.5, 0.6) is 0 Å². The summed E-state index contributed by atoms with van der Waals surface area (Å²) < 4.78 is 0. The molecular weight excluding hydrogens is 220 g/mol. The van der Waals surface area contributed by atoms with Crippen molar-refractivity contribution in [2.75, 3.05) is 13.1 Å². The van der Waals surface area contributed by atoms with Gasteiger partial charge in [-0.3, -0.25) is 4.79 Å². The minimum atomic E-state index is 0.00917. The van der Waals surface area contributed by atoms with Gasteiger partial charge in [-0.2, -0.15) is 0 Å². The number of carbonyl (C=O) groups is 1. The summed E-state index contributed by atoms with van der Waals surface area (Å²) in [6.45, 7) is 6.54. The van der Waals surface area contributed by atoms with Crippen LogP contribution in [0.3, 0.4) is 0 Å². The Labute approximate surface area is 101 Å². The molecule has 1 aromatic rings. The van der Waals surface area contributed by atoms with E-state index in [1.165, 1.54) is 4.88 Å². The van der Waals surface area contributed by atoms with Crippen LogP contribution in [-0.2, 0) is 4.79 Å². The monoisotopic (exact) mass is 238 g/mol. The minimum Gasteiger partial charge on any atom is -0.352 e. The Morgan fingerprint density at radius 2 is 2.50 bits per heavy atom. The average Bonchev–Trinajstić information content (AvgIpc) is 2.81. The van der Waals surface area contributed by atoms with E-state index >= 15 is 0 Å². The Morgan fingerprint density at radius 1 is 1.69 bits per heavy atom. The molecule has 0 spiro atoms. The zero-order valence-corrected chi connectivity index (χ0v) is 10.3. The van der Waals surface area contributed by atoms with Crippen LogP contribution in [0, 0.1) is 0 Å². The fraction of sp³-hybridized carbons (Fsp3) is 0.417. The van der Waals surface area contributed by atoms with E-state index in [4.69, 9.17) is 0 Å². The van der Waals surface area contributed by atoms with E-state index in [9.17, 15) is 4.79 Å². The summed E-state index contributed by atoms with van der Waals surface area (Å²) in [5.74, 6) is 0.00917. The SMILES string of the molecule is C=CCNC(=O)CNC(CC)c1cccs1. The van der Waals surface area contributed by atoms with Crippen molar-refractivity contribution in [1.82, 2.24) is 10.6 Å². The van der Waals surface area contributed by atoms with E-state index in [-0.39, 0.29) is 11.9 Å². The van der Waals surface area contributed by atoms with Gasteiger partial charge < -0.3 is 10.6 Å². The molecule has 0 fully saturated rings. The number of nitrogens with one attached hydrogen (secondary N) is 2. The van der Waals surface area contributed by atoms with Crippen molar-refractivity contribution in [3.63, 3.8) is 0 Å². The zero-order chi connectivity index (χ0) is 11.8. The third kappa shape index (κ3) is 4.16. The molecule has 0 saturated carbocycles. The lowest BCUT2D eigenvalue weighted by molar-refractivity contribution is -0.120. The van der Waals surface area contributed by atoms with Crippen LogP contribution in [0.4, 0.5) is 0 Å². The van der Waals surface area contributed by atoms with Gasteiger partial charge in [0.25, 0.3) is 0 Å². The van der Waals surface area contributed by atoms with Crippen molar-refractivity contribution < 1.29 is 4.79 Å². The van der Waals surface area contributed by atoms with Crippen molar-refractivity contribution in [1.29, 1.82) is 0 Å². The molecule has 1 rings (SSSR count). The molecule has 0 aliphatic rings. The lowest BCUT2D eigenvalue weighted by atomic mass is 10.2. The Balaban J connectivity index is 2.34. The Kier molecular flexibility index (Phi) is 5.82. The Hall–Kier alpha value is -1.13. The van der Waals surface area contributed by atoms with Crippen molar-refractivity contribution >= 4 is 17.2 Å². The second-order valence-electron chi connectivity index (χ2n) is 3.45. The maximum atomic E-state index is 11.4. The number of rotatable bonds is 7. The first-order valence-electron chi connectivity index (χ1n) is 5.42. The quantitative estimate of drug-likeness (QED) is 0.714. The van der Waals surface area contributed by atoms with E-state index in [1.807, 2.05) is 6.07 Å². The molecule has 88 valence electrons. The molecule has 3 nitrogen and oxygen atoms in total. The summed E-state index contributed by atoms with van der Waals surface area (Å²) >= 11 is 1.71. The predicted molar refractivity (Wildman–Crippen MR) is 68.6 cm³/mol. The summed E-state index contributed by atoms with van der Waals surface area (Å²) in [6.07, 6.45) is 2.66. The van der Waals surface area contributed by atoms with Gasteiger partial charge in [0.1, 0.15) is 0 Å². The van der Waals surface area contributed by atoms with E-state index < -0.39 is 0 Å². The minimum absolute atomic E-state index is 0.00917. The lowest BCUT2D eigenvalue weighted by Crippen LogP contribution is -2.35. The maximum absolute atomic E-state index is 11.4. The van der Waals surface area contributed by atoms with Crippen molar-refractivity contribution in [3.8, 4) is 0 Å². The number of carbonyl (C=O) groups excluding carboxylic acids is 1. The molecule has 0 aromatic carbocycles. The first kappa shape index (κ1) is 12.9. The molecule has 16 heavy (non-hydrogen) atoms. The van der Waals surface area contributed by atoms with Crippen LogP contribution in [-0.4, -0.2) is 19.0 Å². The molecule has 1 atom stereocenters. The molecule has 2 N–H and O–H groups in total. The van der Waals surface area contributed by atoms with Gasteiger partial charge in [0.05, 0.1) is 6.54 Å². The molecule has 0 saturated heterocycles. The topological polar surface area (TPSA) is 41.1 Å². The molecule has 0 radical (unpaired) electrons. The van der Waals surface area contributed by atoms with Crippen LogP contribution in [0.15, 0.2) is 30.2 Å². The summed E-state index contributed by atoms with van der Waals surface area (Å²) in [5.41, 5.74) is 0. The third-order valence-electron chi connectivity index (χ3n) is 2.25. The van der Waals surface area contributed by atoms with Crippen LogP contribution in [0.1, 0.15) is 24.3 Å². The van der Waals surface area contributed by atoms with Gasteiger partial charge in [-0.1, -0.05) is 19.1 Å². The van der Waals surface area contributed by atoms with Crippen molar-refractivity contribution in [2.45, 2.75) is 19.4 Å². The molecular formula is C12H18N2OS. The standard InChI is InChI=1S/C12H18N2OS/c1-3-7-13-12(15)9-14-10(4-2)11-6-5-8-16-11/h3,5-6,8,10,14H,1,4,7,9H2,2H3,(H,13,15). The second-order valence-corrected chi connectivity index (χ2v) is 4.43. The smallest absolute Gasteiger partial charge is 0.234 e. The Bertz CT molecular complexity index is 322. The summed E-state index contributed by atoms with van der Waals surface area (Å²) in [6, 6.07) is 4.39.